The standard InChI is InChI=1S/C8H8N4O/c9-11-8-5-12(13)7-4-2-1-3-6(7)10-8/h1-5,9-10,13H. The summed E-state index contributed by atoms with van der Waals surface area (Å²) in [5, 5.41) is 16.5. The molecule has 1 aromatic carbocycles. The summed E-state index contributed by atoms with van der Waals surface area (Å²) in [6, 6.07) is 7.23. The Balaban J connectivity index is 2.45. The monoisotopic (exact) mass is 176 g/mol. The number of benzene rings is 1. The van der Waals surface area contributed by atoms with Gasteiger partial charge in [-0.05, 0) is 12.1 Å². The van der Waals surface area contributed by atoms with Crippen molar-refractivity contribution in [2.75, 3.05) is 10.4 Å². The van der Waals surface area contributed by atoms with Crippen LogP contribution in [0.15, 0.2) is 41.4 Å². The van der Waals surface area contributed by atoms with E-state index in [2.05, 4.69) is 10.4 Å². The first-order valence-electron chi connectivity index (χ1n) is 3.75. The molecule has 0 atom stereocenters. The van der Waals surface area contributed by atoms with Crippen molar-refractivity contribution in [3.05, 3.63) is 36.3 Å². The molecule has 3 N–H and O–H groups in total. The zero-order valence-electron chi connectivity index (χ0n) is 6.73. The summed E-state index contributed by atoms with van der Waals surface area (Å²) in [7, 11) is 0. The van der Waals surface area contributed by atoms with Gasteiger partial charge in [-0.2, -0.15) is 0 Å². The minimum Gasteiger partial charge on any atom is -0.336 e. The van der Waals surface area contributed by atoms with Crippen LogP contribution < -0.4 is 10.4 Å². The Morgan fingerprint density at radius 1 is 1.38 bits per heavy atom. The van der Waals surface area contributed by atoms with E-state index in [0.29, 0.717) is 11.5 Å². The van der Waals surface area contributed by atoms with Crippen molar-refractivity contribution in [3.8, 4) is 0 Å². The zero-order chi connectivity index (χ0) is 9.26. The lowest BCUT2D eigenvalue weighted by Gasteiger charge is -2.22. The molecule has 0 fully saturated rings. The Morgan fingerprint density at radius 3 is 2.92 bits per heavy atom. The predicted molar refractivity (Wildman–Crippen MR) is 47.6 cm³/mol. The highest BCUT2D eigenvalue weighted by atomic mass is 16.5. The van der Waals surface area contributed by atoms with Crippen LogP contribution in [0.5, 0.6) is 0 Å². The molecule has 2 rings (SSSR count). The molecule has 0 aromatic heterocycles. The maximum Gasteiger partial charge on any atom is 0.171 e. The molecular formula is C8H8N4O. The third kappa shape index (κ3) is 1.25. The highest BCUT2D eigenvalue weighted by Gasteiger charge is 2.13. The average molecular weight is 176 g/mol. The van der Waals surface area contributed by atoms with E-state index in [1.807, 2.05) is 12.1 Å². The second-order valence-corrected chi connectivity index (χ2v) is 2.61. The van der Waals surface area contributed by atoms with Gasteiger partial charge in [0.05, 0.1) is 17.6 Å². The van der Waals surface area contributed by atoms with Gasteiger partial charge in [-0.3, -0.25) is 5.21 Å². The number of fused-ring (bicyclic) bond motifs is 1. The molecule has 1 aromatic rings. The lowest BCUT2D eigenvalue weighted by Crippen LogP contribution is -2.18. The van der Waals surface area contributed by atoms with Gasteiger partial charge in [0.1, 0.15) is 0 Å². The van der Waals surface area contributed by atoms with Crippen molar-refractivity contribution in [2.24, 2.45) is 5.11 Å². The quantitative estimate of drug-likeness (QED) is 0.574. The first-order chi connectivity index (χ1) is 6.31. The summed E-state index contributed by atoms with van der Waals surface area (Å²) in [5.41, 5.74) is 8.17. The molecule has 0 radical (unpaired) electrons. The van der Waals surface area contributed by atoms with Gasteiger partial charge in [0.15, 0.2) is 5.82 Å². The normalized spacial score (nSPS) is 14.2. The van der Waals surface area contributed by atoms with Crippen molar-refractivity contribution >= 4 is 11.4 Å². The molecule has 0 aliphatic carbocycles. The first kappa shape index (κ1) is 7.75. The molecular weight excluding hydrogens is 168 g/mol. The van der Waals surface area contributed by atoms with Crippen LogP contribution in [-0.2, 0) is 0 Å². The van der Waals surface area contributed by atoms with Crippen molar-refractivity contribution in [2.45, 2.75) is 0 Å². The van der Waals surface area contributed by atoms with Crippen LogP contribution in [0.3, 0.4) is 0 Å². The van der Waals surface area contributed by atoms with Crippen LogP contribution in [0, 0.1) is 5.53 Å². The number of rotatable bonds is 1. The molecule has 0 bridgehead atoms. The van der Waals surface area contributed by atoms with E-state index in [0.717, 1.165) is 10.8 Å². The number of hydrogen-bond acceptors (Lipinski definition) is 5. The van der Waals surface area contributed by atoms with Gasteiger partial charge in [0, 0.05) is 0 Å². The zero-order valence-corrected chi connectivity index (χ0v) is 6.73. The van der Waals surface area contributed by atoms with Crippen LogP contribution in [0.1, 0.15) is 0 Å². The molecule has 0 amide bonds. The van der Waals surface area contributed by atoms with Gasteiger partial charge >= 0.3 is 0 Å². The molecule has 5 nitrogen and oxygen atoms in total. The van der Waals surface area contributed by atoms with Gasteiger partial charge in [0.2, 0.25) is 0 Å². The Bertz CT molecular complexity index is 374. The Labute approximate surface area is 74.8 Å². The molecule has 5 heteroatoms. The summed E-state index contributed by atoms with van der Waals surface area (Å²) in [6.07, 6.45) is 1.34. The first-order valence-corrected chi connectivity index (χ1v) is 3.75. The van der Waals surface area contributed by atoms with E-state index >= 15 is 0 Å². The highest BCUT2D eigenvalue weighted by molar-refractivity contribution is 5.74. The molecule has 13 heavy (non-hydrogen) atoms. The van der Waals surface area contributed by atoms with Crippen LogP contribution in [0.2, 0.25) is 0 Å². The maximum absolute atomic E-state index is 9.44. The topological polar surface area (TPSA) is 71.7 Å². The van der Waals surface area contributed by atoms with Crippen LogP contribution in [-0.4, -0.2) is 5.21 Å². The van der Waals surface area contributed by atoms with Crippen LogP contribution >= 0.6 is 0 Å². The van der Waals surface area contributed by atoms with Crippen LogP contribution in [0.25, 0.3) is 0 Å². The summed E-state index contributed by atoms with van der Waals surface area (Å²) in [6.45, 7) is 0. The number of hydroxylamine groups is 1. The van der Waals surface area contributed by atoms with Crippen molar-refractivity contribution in [1.29, 1.82) is 5.53 Å². The van der Waals surface area contributed by atoms with Gasteiger partial charge in [-0.25, -0.2) is 10.6 Å². The van der Waals surface area contributed by atoms with Crippen molar-refractivity contribution < 1.29 is 5.21 Å². The predicted octanol–water partition coefficient (Wildman–Crippen LogP) is 2.14. The molecule has 66 valence electrons. The SMILES string of the molecule is N=NC1=CN(O)c2ccccc2N1. The number of para-hydroxylation sites is 2. The minimum absolute atomic E-state index is 0.307. The Morgan fingerprint density at radius 2 is 2.15 bits per heavy atom. The smallest absolute Gasteiger partial charge is 0.171 e. The third-order valence-electron chi connectivity index (χ3n) is 1.78. The van der Waals surface area contributed by atoms with Crippen molar-refractivity contribution in [3.63, 3.8) is 0 Å². The lowest BCUT2D eigenvalue weighted by atomic mass is 10.2. The number of nitrogens with zero attached hydrogens (tertiary/aromatic N) is 2. The molecule has 1 heterocycles. The number of hydrogen-bond donors (Lipinski definition) is 3. The van der Waals surface area contributed by atoms with Crippen molar-refractivity contribution in [1.82, 2.24) is 0 Å². The van der Waals surface area contributed by atoms with E-state index in [1.165, 1.54) is 6.20 Å². The Kier molecular flexibility index (Phi) is 1.71. The van der Waals surface area contributed by atoms with Gasteiger partial charge in [-0.15, -0.1) is 5.11 Å². The molecule has 1 aliphatic heterocycles. The summed E-state index contributed by atoms with van der Waals surface area (Å²) < 4.78 is 0. The molecule has 0 saturated heterocycles. The summed E-state index contributed by atoms with van der Waals surface area (Å²) >= 11 is 0. The van der Waals surface area contributed by atoms with E-state index in [1.54, 1.807) is 12.1 Å². The minimum atomic E-state index is 0.307. The van der Waals surface area contributed by atoms with Gasteiger partial charge in [-0.1, -0.05) is 12.1 Å². The fourth-order valence-electron chi connectivity index (χ4n) is 1.19. The summed E-state index contributed by atoms with van der Waals surface area (Å²) in [5.74, 6) is 0.307. The van der Waals surface area contributed by atoms with E-state index in [4.69, 9.17) is 5.53 Å². The fraction of sp³-hybridized carbons (Fsp3) is 0. The van der Waals surface area contributed by atoms with Gasteiger partial charge < -0.3 is 5.32 Å². The largest absolute Gasteiger partial charge is 0.336 e. The molecule has 0 saturated carbocycles. The highest BCUT2D eigenvalue weighted by Crippen LogP contribution is 2.29. The third-order valence-corrected chi connectivity index (χ3v) is 1.78. The number of anilines is 2. The fourth-order valence-corrected chi connectivity index (χ4v) is 1.19. The lowest BCUT2D eigenvalue weighted by molar-refractivity contribution is 0.294. The summed E-state index contributed by atoms with van der Waals surface area (Å²) in [4.78, 5) is 0. The second-order valence-electron chi connectivity index (χ2n) is 2.61. The van der Waals surface area contributed by atoms with E-state index in [-0.39, 0.29) is 0 Å². The molecule has 1 aliphatic rings. The molecule has 0 spiro atoms. The molecule has 0 unspecified atom stereocenters. The maximum atomic E-state index is 9.44. The number of nitrogens with one attached hydrogen (secondary N) is 2. The average Bonchev–Trinajstić information content (AvgIpc) is 2.18. The Hall–Kier alpha value is -1.88. The van der Waals surface area contributed by atoms with Gasteiger partial charge in [0.25, 0.3) is 0 Å². The van der Waals surface area contributed by atoms with Crippen LogP contribution in [0.4, 0.5) is 11.4 Å². The second kappa shape index (κ2) is 2.87. The van der Waals surface area contributed by atoms with E-state index < -0.39 is 0 Å². The van der Waals surface area contributed by atoms with E-state index in [9.17, 15) is 5.21 Å².